The normalized spacial score (nSPS) is 15.4. The van der Waals surface area contributed by atoms with E-state index < -0.39 is 0 Å². The molecular formula is C18H17IO. The van der Waals surface area contributed by atoms with Crippen LogP contribution in [-0.2, 0) is 0 Å². The van der Waals surface area contributed by atoms with E-state index in [-0.39, 0.29) is 6.61 Å². The molecule has 1 saturated carbocycles. The largest absolute Gasteiger partial charge is 0.392 e. The zero-order valence-electron chi connectivity index (χ0n) is 11.2. The van der Waals surface area contributed by atoms with Gasteiger partial charge in [-0.05, 0) is 75.7 Å². The Labute approximate surface area is 133 Å². The van der Waals surface area contributed by atoms with E-state index in [1.54, 1.807) is 0 Å². The van der Waals surface area contributed by atoms with Crippen molar-refractivity contribution in [1.82, 2.24) is 0 Å². The van der Waals surface area contributed by atoms with Gasteiger partial charge in [-0.25, -0.2) is 0 Å². The lowest BCUT2D eigenvalue weighted by molar-refractivity contribution is 0.343. The van der Waals surface area contributed by atoms with E-state index in [1.807, 2.05) is 6.08 Å². The minimum atomic E-state index is 0.0612. The third-order valence-corrected chi connectivity index (χ3v) is 4.44. The molecule has 1 aliphatic rings. The van der Waals surface area contributed by atoms with Crippen molar-refractivity contribution in [2.75, 3.05) is 6.61 Å². The van der Waals surface area contributed by atoms with Crippen LogP contribution < -0.4 is 0 Å². The van der Waals surface area contributed by atoms with Crippen LogP contribution in [0.1, 0.15) is 35.4 Å². The number of rotatable bonds is 4. The van der Waals surface area contributed by atoms with Crippen molar-refractivity contribution in [3.05, 3.63) is 74.9 Å². The van der Waals surface area contributed by atoms with Gasteiger partial charge in [0.15, 0.2) is 0 Å². The fourth-order valence-corrected chi connectivity index (χ4v) is 2.83. The smallest absolute Gasteiger partial charge is 0.0621 e. The number of benzene rings is 2. The maximum atomic E-state index is 9.29. The van der Waals surface area contributed by atoms with E-state index in [2.05, 4.69) is 71.1 Å². The third kappa shape index (κ3) is 3.13. The van der Waals surface area contributed by atoms with Gasteiger partial charge in [-0.2, -0.15) is 0 Å². The van der Waals surface area contributed by atoms with Crippen molar-refractivity contribution in [3.8, 4) is 0 Å². The first-order chi connectivity index (χ1) is 9.78. The molecule has 1 nitrogen and oxygen atoms in total. The summed E-state index contributed by atoms with van der Waals surface area (Å²) in [6.07, 6.45) is 4.54. The molecule has 0 atom stereocenters. The van der Waals surface area contributed by atoms with Crippen LogP contribution in [-0.4, -0.2) is 11.7 Å². The fraction of sp³-hybridized carbons (Fsp3) is 0.222. The van der Waals surface area contributed by atoms with E-state index in [0.717, 1.165) is 17.1 Å². The number of halogens is 1. The standard InChI is InChI=1S/C18H17IO/c19-17-9-7-16(8-10-17)18(11-12-20)15-5-3-14(4-6-15)13-1-2-13/h3-11,13,20H,1-2,12H2. The van der Waals surface area contributed by atoms with Crippen LogP contribution in [0.3, 0.4) is 0 Å². The molecule has 0 aromatic heterocycles. The molecule has 0 amide bonds. The lowest BCUT2D eigenvalue weighted by atomic mass is 9.96. The van der Waals surface area contributed by atoms with Gasteiger partial charge in [0, 0.05) is 3.57 Å². The zero-order valence-corrected chi connectivity index (χ0v) is 13.4. The van der Waals surface area contributed by atoms with Crippen LogP contribution in [0.15, 0.2) is 54.6 Å². The maximum absolute atomic E-state index is 9.29. The number of hydrogen-bond donors (Lipinski definition) is 1. The third-order valence-electron chi connectivity index (χ3n) is 3.72. The molecule has 0 bridgehead atoms. The molecule has 0 heterocycles. The molecule has 1 N–H and O–H groups in total. The lowest BCUT2D eigenvalue weighted by Gasteiger charge is -2.09. The Bertz CT molecular complexity index is 607. The molecule has 0 saturated heterocycles. The Hall–Kier alpha value is -1.13. The highest BCUT2D eigenvalue weighted by atomic mass is 127. The van der Waals surface area contributed by atoms with Crippen LogP contribution in [0.5, 0.6) is 0 Å². The fourth-order valence-electron chi connectivity index (χ4n) is 2.47. The van der Waals surface area contributed by atoms with Crippen molar-refractivity contribution in [3.63, 3.8) is 0 Å². The van der Waals surface area contributed by atoms with E-state index in [0.29, 0.717) is 0 Å². The highest BCUT2D eigenvalue weighted by Gasteiger charge is 2.23. The summed E-state index contributed by atoms with van der Waals surface area (Å²) in [5.74, 6) is 0.785. The van der Waals surface area contributed by atoms with Crippen molar-refractivity contribution in [2.45, 2.75) is 18.8 Å². The summed E-state index contributed by atoms with van der Waals surface area (Å²) in [7, 11) is 0. The first-order valence-corrected chi connectivity index (χ1v) is 8.03. The molecular weight excluding hydrogens is 359 g/mol. The van der Waals surface area contributed by atoms with Crippen molar-refractivity contribution in [2.24, 2.45) is 0 Å². The average Bonchev–Trinajstić information content (AvgIpc) is 3.31. The van der Waals surface area contributed by atoms with Crippen molar-refractivity contribution in [1.29, 1.82) is 0 Å². The molecule has 1 fully saturated rings. The average molecular weight is 376 g/mol. The summed E-state index contributed by atoms with van der Waals surface area (Å²) in [4.78, 5) is 0. The van der Waals surface area contributed by atoms with Crippen LogP contribution in [0.4, 0.5) is 0 Å². The van der Waals surface area contributed by atoms with Gasteiger partial charge in [0.2, 0.25) is 0 Å². The molecule has 3 rings (SSSR count). The maximum Gasteiger partial charge on any atom is 0.0621 e. The molecule has 20 heavy (non-hydrogen) atoms. The molecule has 2 aromatic carbocycles. The monoisotopic (exact) mass is 376 g/mol. The zero-order chi connectivity index (χ0) is 13.9. The molecule has 1 aliphatic carbocycles. The molecule has 102 valence electrons. The van der Waals surface area contributed by atoms with Crippen LogP contribution in [0.25, 0.3) is 5.57 Å². The van der Waals surface area contributed by atoms with Gasteiger partial charge in [0.1, 0.15) is 0 Å². The lowest BCUT2D eigenvalue weighted by Crippen LogP contribution is -1.91. The van der Waals surface area contributed by atoms with Crippen LogP contribution in [0, 0.1) is 3.57 Å². The second-order valence-electron chi connectivity index (χ2n) is 5.20. The predicted molar refractivity (Wildman–Crippen MR) is 91.7 cm³/mol. The topological polar surface area (TPSA) is 20.2 Å². The number of aliphatic hydroxyl groups is 1. The Balaban J connectivity index is 1.93. The molecule has 2 aromatic rings. The van der Waals surface area contributed by atoms with Gasteiger partial charge in [0.25, 0.3) is 0 Å². The van der Waals surface area contributed by atoms with Gasteiger partial charge >= 0.3 is 0 Å². The van der Waals surface area contributed by atoms with Gasteiger partial charge in [-0.15, -0.1) is 0 Å². The first kappa shape index (κ1) is 13.8. The minimum Gasteiger partial charge on any atom is -0.392 e. The summed E-state index contributed by atoms with van der Waals surface area (Å²) < 4.78 is 1.22. The Morgan fingerprint density at radius 3 is 2.05 bits per heavy atom. The highest BCUT2D eigenvalue weighted by molar-refractivity contribution is 14.1. The minimum absolute atomic E-state index is 0.0612. The van der Waals surface area contributed by atoms with E-state index in [1.165, 1.54) is 27.5 Å². The Kier molecular flexibility index (Phi) is 4.22. The van der Waals surface area contributed by atoms with Gasteiger partial charge in [0.05, 0.1) is 6.61 Å². The first-order valence-electron chi connectivity index (χ1n) is 6.95. The van der Waals surface area contributed by atoms with Crippen LogP contribution in [0.2, 0.25) is 0 Å². The number of hydrogen-bond acceptors (Lipinski definition) is 1. The van der Waals surface area contributed by atoms with Crippen molar-refractivity contribution >= 4 is 28.2 Å². The summed E-state index contributed by atoms with van der Waals surface area (Å²) >= 11 is 2.31. The Morgan fingerprint density at radius 2 is 1.55 bits per heavy atom. The predicted octanol–water partition coefficient (Wildman–Crippen LogP) is 4.59. The summed E-state index contributed by atoms with van der Waals surface area (Å²) in [5.41, 5.74) is 4.87. The molecule has 2 heteroatoms. The highest BCUT2D eigenvalue weighted by Crippen LogP contribution is 2.40. The van der Waals surface area contributed by atoms with E-state index in [9.17, 15) is 5.11 Å². The van der Waals surface area contributed by atoms with Crippen molar-refractivity contribution < 1.29 is 5.11 Å². The number of aliphatic hydroxyl groups excluding tert-OH is 1. The molecule has 0 spiro atoms. The summed E-state index contributed by atoms with van der Waals surface area (Å²) in [6.45, 7) is 0.0612. The summed E-state index contributed by atoms with van der Waals surface area (Å²) in [5, 5.41) is 9.29. The summed E-state index contributed by atoms with van der Waals surface area (Å²) in [6, 6.07) is 17.2. The Morgan fingerprint density at radius 1 is 1.00 bits per heavy atom. The second kappa shape index (κ2) is 6.10. The van der Waals surface area contributed by atoms with E-state index >= 15 is 0 Å². The SMILES string of the molecule is OCC=C(c1ccc(I)cc1)c1ccc(C2CC2)cc1. The van der Waals surface area contributed by atoms with Gasteiger partial charge in [-0.3, -0.25) is 0 Å². The van der Waals surface area contributed by atoms with Gasteiger partial charge < -0.3 is 5.11 Å². The quantitative estimate of drug-likeness (QED) is 0.774. The van der Waals surface area contributed by atoms with Crippen LogP contribution >= 0.6 is 22.6 Å². The van der Waals surface area contributed by atoms with E-state index in [4.69, 9.17) is 0 Å². The molecule has 0 radical (unpaired) electrons. The second-order valence-corrected chi connectivity index (χ2v) is 6.45. The molecule has 0 aliphatic heterocycles. The van der Waals surface area contributed by atoms with Gasteiger partial charge in [-0.1, -0.05) is 42.5 Å². The molecule has 0 unspecified atom stereocenters.